The van der Waals surface area contributed by atoms with Gasteiger partial charge >= 0.3 is 0 Å². The predicted octanol–water partition coefficient (Wildman–Crippen LogP) is -0.0124. The SMILES string of the molecule is CS(=O)(=O)c1ccc(N2CCC(CCO)CC2)c(C(=N)N=NN)c1S(N)(=O)=O. The predicted molar refractivity (Wildman–Crippen MR) is 103 cm³/mol. The maximum atomic E-state index is 12.3. The minimum atomic E-state index is -4.51. The molecule has 1 aliphatic heterocycles. The molecule has 0 unspecified atom stereocenters. The van der Waals surface area contributed by atoms with Gasteiger partial charge in [0.25, 0.3) is 0 Å². The van der Waals surface area contributed by atoms with Crippen LogP contribution < -0.4 is 15.9 Å². The summed E-state index contributed by atoms with van der Waals surface area (Å²) in [7, 11) is -8.47. The van der Waals surface area contributed by atoms with Gasteiger partial charge in [0.15, 0.2) is 15.7 Å². The van der Waals surface area contributed by atoms with E-state index < -0.39 is 35.5 Å². The molecule has 0 aliphatic carbocycles. The van der Waals surface area contributed by atoms with Crippen molar-refractivity contribution in [3.63, 3.8) is 0 Å². The van der Waals surface area contributed by atoms with Gasteiger partial charge in [0.2, 0.25) is 10.0 Å². The fraction of sp³-hybridized carbons (Fsp3) is 0.533. The number of nitrogens with two attached hydrogens (primary N) is 2. The Balaban J connectivity index is 2.69. The maximum absolute atomic E-state index is 12.3. The first kappa shape index (κ1) is 22.2. The molecular formula is C15H24N6O5S2. The Morgan fingerprint density at radius 1 is 1.29 bits per heavy atom. The number of hydrogen-bond acceptors (Lipinski definition) is 8. The lowest BCUT2D eigenvalue weighted by Gasteiger charge is -2.35. The molecule has 0 bridgehead atoms. The summed E-state index contributed by atoms with van der Waals surface area (Å²) in [5, 5.41) is 28.9. The van der Waals surface area contributed by atoms with Gasteiger partial charge in [-0.25, -0.2) is 22.0 Å². The van der Waals surface area contributed by atoms with Crippen LogP contribution in [0.4, 0.5) is 5.69 Å². The molecule has 1 heterocycles. The number of aliphatic hydroxyl groups excluding tert-OH is 1. The van der Waals surface area contributed by atoms with Crippen molar-refractivity contribution in [2.75, 3.05) is 30.9 Å². The number of piperidine rings is 1. The van der Waals surface area contributed by atoms with Crippen LogP contribution >= 0.6 is 0 Å². The summed E-state index contributed by atoms with van der Waals surface area (Å²) < 4.78 is 48.8. The Labute approximate surface area is 163 Å². The van der Waals surface area contributed by atoms with Gasteiger partial charge in [-0.15, -0.1) is 5.11 Å². The quantitative estimate of drug-likeness (QED) is 0.159. The van der Waals surface area contributed by atoms with Crippen LogP contribution in [0, 0.1) is 11.3 Å². The van der Waals surface area contributed by atoms with Crippen molar-refractivity contribution in [3.05, 3.63) is 17.7 Å². The fourth-order valence-electron chi connectivity index (χ4n) is 3.37. The number of benzene rings is 1. The summed E-state index contributed by atoms with van der Waals surface area (Å²) in [4.78, 5) is 0.633. The molecule has 0 aromatic heterocycles. The second-order valence-electron chi connectivity index (χ2n) is 6.61. The first-order valence-electron chi connectivity index (χ1n) is 8.46. The van der Waals surface area contributed by atoms with Crippen molar-refractivity contribution in [1.29, 1.82) is 5.41 Å². The van der Waals surface area contributed by atoms with Crippen LogP contribution in [0.25, 0.3) is 0 Å². The Kier molecular flexibility index (Phi) is 6.75. The average Bonchev–Trinajstić information content (AvgIpc) is 2.60. The van der Waals surface area contributed by atoms with Crippen LogP contribution in [-0.2, 0) is 19.9 Å². The van der Waals surface area contributed by atoms with Gasteiger partial charge in [-0.1, -0.05) is 5.22 Å². The zero-order valence-electron chi connectivity index (χ0n) is 15.4. The van der Waals surface area contributed by atoms with Crippen molar-refractivity contribution in [1.82, 2.24) is 0 Å². The third-order valence-electron chi connectivity index (χ3n) is 4.67. The van der Waals surface area contributed by atoms with E-state index in [9.17, 15) is 16.8 Å². The summed E-state index contributed by atoms with van der Waals surface area (Å²) in [5.74, 6) is 4.74. The second kappa shape index (κ2) is 8.51. The summed E-state index contributed by atoms with van der Waals surface area (Å²) in [6, 6.07) is 2.61. The Bertz CT molecular complexity index is 982. The van der Waals surface area contributed by atoms with Crippen LogP contribution in [0.1, 0.15) is 24.8 Å². The van der Waals surface area contributed by atoms with Crippen LogP contribution in [0.5, 0.6) is 0 Å². The summed E-state index contributed by atoms with van der Waals surface area (Å²) >= 11 is 0. The number of primary sulfonamides is 1. The van der Waals surface area contributed by atoms with Gasteiger partial charge < -0.3 is 15.8 Å². The Hall–Kier alpha value is -2.09. The summed E-state index contributed by atoms with van der Waals surface area (Å²) in [5.41, 5.74) is 0.0662. The van der Waals surface area contributed by atoms with Crippen molar-refractivity contribution in [3.8, 4) is 0 Å². The van der Waals surface area contributed by atoms with Crippen LogP contribution in [0.2, 0.25) is 0 Å². The zero-order valence-corrected chi connectivity index (χ0v) is 17.0. The normalized spacial score (nSPS) is 16.6. The lowest BCUT2D eigenvalue weighted by Crippen LogP contribution is -2.35. The van der Waals surface area contributed by atoms with Crippen LogP contribution in [0.15, 0.2) is 32.3 Å². The minimum Gasteiger partial charge on any atom is -0.396 e. The average molecular weight is 433 g/mol. The van der Waals surface area contributed by atoms with Gasteiger partial charge in [0.05, 0.1) is 10.5 Å². The number of rotatable bonds is 6. The number of nitrogens with zero attached hydrogens (tertiary/aromatic N) is 3. The molecule has 2 rings (SSSR count). The van der Waals surface area contributed by atoms with Gasteiger partial charge in [-0.2, -0.15) is 0 Å². The molecule has 0 saturated carbocycles. The van der Waals surface area contributed by atoms with Gasteiger partial charge in [-0.3, -0.25) is 5.41 Å². The standard InChI is InChI=1S/C15H24N6O5S2/c1-27(23,24)12-3-2-11(21-7-4-10(5-8-21)6-9-22)13(15(16)19-20-17)14(12)28(18,25)26/h2-3,10,22H,4-9H2,1H3,(H3,16,17,19)(H2,18,25,26). The van der Waals surface area contributed by atoms with Crippen molar-refractivity contribution in [2.24, 2.45) is 27.2 Å². The number of sulfone groups is 1. The molecule has 0 radical (unpaired) electrons. The zero-order chi connectivity index (χ0) is 21.1. The largest absolute Gasteiger partial charge is 0.396 e. The first-order valence-corrected chi connectivity index (χ1v) is 11.9. The number of sulfonamides is 1. The van der Waals surface area contributed by atoms with Crippen molar-refractivity contribution < 1.29 is 21.9 Å². The molecule has 1 aromatic carbocycles. The van der Waals surface area contributed by atoms with E-state index >= 15 is 0 Å². The van der Waals surface area contributed by atoms with Crippen LogP contribution in [0.3, 0.4) is 0 Å². The Morgan fingerprint density at radius 3 is 2.36 bits per heavy atom. The third kappa shape index (κ3) is 4.84. The molecular weight excluding hydrogens is 408 g/mol. The smallest absolute Gasteiger partial charge is 0.240 e. The number of anilines is 1. The molecule has 1 aliphatic rings. The molecule has 0 spiro atoms. The molecule has 0 atom stereocenters. The fourth-order valence-corrected chi connectivity index (χ4v) is 5.76. The van der Waals surface area contributed by atoms with E-state index in [0.717, 1.165) is 19.1 Å². The number of nitrogens with one attached hydrogen (secondary N) is 1. The van der Waals surface area contributed by atoms with E-state index in [2.05, 4.69) is 10.3 Å². The molecule has 156 valence electrons. The highest BCUT2D eigenvalue weighted by Crippen LogP contribution is 2.35. The lowest BCUT2D eigenvalue weighted by atomic mass is 9.93. The highest BCUT2D eigenvalue weighted by Gasteiger charge is 2.32. The molecule has 6 N–H and O–H groups in total. The minimum absolute atomic E-state index is 0.0933. The Morgan fingerprint density at radius 2 is 1.89 bits per heavy atom. The molecule has 1 fully saturated rings. The number of amidine groups is 1. The molecule has 0 amide bonds. The van der Waals surface area contributed by atoms with Crippen LogP contribution in [-0.4, -0.2) is 53.7 Å². The lowest BCUT2D eigenvalue weighted by molar-refractivity contribution is 0.240. The van der Waals surface area contributed by atoms with Crippen molar-refractivity contribution in [2.45, 2.75) is 29.1 Å². The van der Waals surface area contributed by atoms with Gasteiger partial charge in [-0.05, 0) is 37.3 Å². The van der Waals surface area contributed by atoms with E-state index in [1.807, 2.05) is 4.90 Å². The second-order valence-corrected chi connectivity index (χ2v) is 10.1. The van der Waals surface area contributed by atoms with E-state index in [-0.39, 0.29) is 12.2 Å². The highest BCUT2D eigenvalue weighted by atomic mass is 32.2. The van der Waals surface area contributed by atoms with E-state index in [0.29, 0.717) is 31.1 Å². The van der Waals surface area contributed by atoms with Gasteiger partial charge in [0, 0.05) is 31.6 Å². The first-order chi connectivity index (χ1) is 13.0. The topological polar surface area (TPSA) is 192 Å². The summed E-state index contributed by atoms with van der Waals surface area (Å²) in [6.45, 7) is 1.16. The molecule has 1 aromatic rings. The van der Waals surface area contributed by atoms with E-state index in [1.165, 1.54) is 12.1 Å². The summed E-state index contributed by atoms with van der Waals surface area (Å²) in [6.07, 6.45) is 3.04. The van der Waals surface area contributed by atoms with E-state index in [1.54, 1.807) is 0 Å². The molecule has 13 heteroatoms. The maximum Gasteiger partial charge on any atom is 0.240 e. The number of aliphatic hydroxyl groups is 1. The van der Waals surface area contributed by atoms with Gasteiger partial charge in [0.1, 0.15) is 4.90 Å². The van der Waals surface area contributed by atoms with Crippen molar-refractivity contribution >= 4 is 31.4 Å². The number of hydrogen-bond donors (Lipinski definition) is 4. The molecule has 11 nitrogen and oxygen atoms in total. The third-order valence-corrected chi connectivity index (χ3v) is 6.93. The van der Waals surface area contributed by atoms with E-state index in [4.69, 9.17) is 21.5 Å². The monoisotopic (exact) mass is 432 g/mol. The molecule has 28 heavy (non-hydrogen) atoms. The molecule has 1 saturated heterocycles. The highest BCUT2D eigenvalue weighted by molar-refractivity contribution is 7.93.